The molecule has 0 bridgehead atoms. The van der Waals surface area contributed by atoms with E-state index in [0.717, 1.165) is 24.4 Å². The molecule has 1 aliphatic rings. The second kappa shape index (κ2) is 5.33. The molecular formula is C14H23NS. The highest BCUT2D eigenvalue weighted by Crippen LogP contribution is 2.34. The highest BCUT2D eigenvalue weighted by Gasteiger charge is 2.30. The van der Waals surface area contributed by atoms with Gasteiger partial charge in [0.15, 0.2) is 0 Å². The largest absolute Gasteiger partial charge is 0.309 e. The summed E-state index contributed by atoms with van der Waals surface area (Å²) in [5.74, 6) is 1.80. The van der Waals surface area contributed by atoms with Crippen LogP contribution in [-0.2, 0) is 6.54 Å². The molecule has 0 spiro atoms. The van der Waals surface area contributed by atoms with E-state index in [1.54, 1.807) is 0 Å². The maximum Gasteiger partial charge on any atom is 0.0302 e. The first-order chi connectivity index (χ1) is 7.70. The number of rotatable bonds is 4. The van der Waals surface area contributed by atoms with E-state index in [9.17, 15) is 0 Å². The van der Waals surface area contributed by atoms with E-state index in [2.05, 4.69) is 38.2 Å². The summed E-state index contributed by atoms with van der Waals surface area (Å²) in [5.41, 5.74) is 0. The Balaban J connectivity index is 1.83. The molecule has 1 N–H and O–H groups in total. The molecule has 0 aromatic carbocycles. The van der Waals surface area contributed by atoms with Crippen LogP contribution in [0.5, 0.6) is 0 Å². The molecule has 1 aromatic heterocycles. The fraction of sp³-hybridized carbons (Fsp3) is 0.714. The van der Waals surface area contributed by atoms with Crippen LogP contribution in [0.3, 0.4) is 0 Å². The lowest BCUT2D eigenvalue weighted by atomic mass is 9.93. The average molecular weight is 237 g/mol. The van der Waals surface area contributed by atoms with Gasteiger partial charge in [0.2, 0.25) is 0 Å². The Morgan fingerprint density at radius 2 is 2.19 bits per heavy atom. The monoisotopic (exact) mass is 237 g/mol. The SMILES string of the molecule is CCC1CCC(NCc2ccc(C)s2)C1C. The van der Waals surface area contributed by atoms with Crippen LogP contribution < -0.4 is 5.32 Å². The van der Waals surface area contributed by atoms with Crippen LogP contribution >= 0.6 is 11.3 Å². The fourth-order valence-corrected chi connectivity index (χ4v) is 3.76. The van der Waals surface area contributed by atoms with Gasteiger partial charge < -0.3 is 5.32 Å². The molecule has 0 aliphatic heterocycles. The van der Waals surface area contributed by atoms with E-state index in [1.165, 1.54) is 29.0 Å². The zero-order valence-corrected chi connectivity index (χ0v) is 11.4. The molecule has 3 unspecified atom stereocenters. The summed E-state index contributed by atoms with van der Waals surface area (Å²) in [6.07, 6.45) is 4.13. The first-order valence-electron chi connectivity index (χ1n) is 6.49. The van der Waals surface area contributed by atoms with Crippen molar-refractivity contribution in [2.24, 2.45) is 11.8 Å². The van der Waals surface area contributed by atoms with Gasteiger partial charge in [0.25, 0.3) is 0 Å². The molecule has 1 fully saturated rings. The third-order valence-corrected chi connectivity index (χ3v) is 5.09. The van der Waals surface area contributed by atoms with Crippen molar-refractivity contribution in [3.63, 3.8) is 0 Å². The van der Waals surface area contributed by atoms with Gasteiger partial charge in [0.1, 0.15) is 0 Å². The van der Waals surface area contributed by atoms with Gasteiger partial charge in [0, 0.05) is 22.3 Å². The molecule has 0 radical (unpaired) electrons. The molecule has 0 saturated heterocycles. The first-order valence-corrected chi connectivity index (χ1v) is 7.31. The summed E-state index contributed by atoms with van der Waals surface area (Å²) in [6, 6.07) is 5.21. The molecule has 1 aliphatic carbocycles. The molecule has 3 atom stereocenters. The number of nitrogens with one attached hydrogen (secondary N) is 1. The number of aryl methyl sites for hydroxylation is 1. The standard InChI is InChI=1S/C14H23NS/c1-4-12-6-8-14(11(12)3)15-9-13-7-5-10(2)16-13/h5,7,11-12,14-15H,4,6,8-9H2,1-3H3. The van der Waals surface area contributed by atoms with Crippen molar-refractivity contribution < 1.29 is 0 Å². The Morgan fingerprint density at radius 1 is 1.38 bits per heavy atom. The molecule has 16 heavy (non-hydrogen) atoms. The molecular weight excluding hydrogens is 214 g/mol. The quantitative estimate of drug-likeness (QED) is 0.835. The predicted octanol–water partition coefficient (Wildman–Crippen LogP) is 3.97. The van der Waals surface area contributed by atoms with Crippen molar-refractivity contribution in [2.75, 3.05) is 0 Å². The van der Waals surface area contributed by atoms with Crippen LogP contribution in [0.15, 0.2) is 12.1 Å². The van der Waals surface area contributed by atoms with E-state index in [0.29, 0.717) is 0 Å². The van der Waals surface area contributed by atoms with Crippen LogP contribution in [-0.4, -0.2) is 6.04 Å². The summed E-state index contributed by atoms with van der Waals surface area (Å²) in [6.45, 7) is 7.98. The highest BCUT2D eigenvalue weighted by atomic mass is 32.1. The first kappa shape index (κ1) is 12.1. The Hall–Kier alpha value is -0.340. The normalized spacial score (nSPS) is 29.8. The van der Waals surface area contributed by atoms with Crippen molar-refractivity contribution in [3.8, 4) is 0 Å². The molecule has 0 amide bonds. The predicted molar refractivity (Wildman–Crippen MR) is 71.9 cm³/mol. The van der Waals surface area contributed by atoms with Crippen LogP contribution in [0.1, 0.15) is 42.9 Å². The van der Waals surface area contributed by atoms with Gasteiger partial charge in [0.05, 0.1) is 0 Å². The topological polar surface area (TPSA) is 12.0 Å². The Bertz CT molecular complexity index is 331. The number of hydrogen-bond donors (Lipinski definition) is 1. The molecule has 1 nitrogen and oxygen atoms in total. The second-order valence-electron chi connectivity index (χ2n) is 5.10. The molecule has 90 valence electrons. The Labute approximate surface area is 103 Å². The number of hydrogen-bond acceptors (Lipinski definition) is 2. The third-order valence-electron chi connectivity index (χ3n) is 4.09. The Kier molecular flexibility index (Phi) is 4.04. The van der Waals surface area contributed by atoms with Gasteiger partial charge >= 0.3 is 0 Å². The molecule has 1 aromatic rings. The van der Waals surface area contributed by atoms with Gasteiger partial charge in [-0.25, -0.2) is 0 Å². The Morgan fingerprint density at radius 3 is 2.75 bits per heavy atom. The van der Waals surface area contributed by atoms with E-state index >= 15 is 0 Å². The summed E-state index contributed by atoms with van der Waals surface area (Å²) < 4.78 is 0. The molecule has 1 heterocycles. The lowest BCUT2D eigenvalue weighted by molar-refractivity contribution is 0.345. The zero-order chi connectivity index (χ0) is 11.5. The van der Waals surface area contributed by atoms with Gasteiger partial charge in [-0.1, -0.05) is 20.3 Å². The molecule has 2 rings (SSSR count). The fourth-order valence-electron chi connectivity index (χ4n) is 2.92. The van der Waals surface area contributed by atoms with Crippen LogP contribution in [0.2, 0.25) is 0 Å². The summed E-state index contributed by atoms with van der Waals surface area (Å²) in [4.78, 5) is 2.90. The lowest BCUT2D eigenvalue weighted by Gasteiger charge is -2.20. The smallest absolute Gasteiger partial charge is 0.0302 e. The van der Waals surface area contributed by atoms with Gasteiger partial charge in [-0.2, -0.15) is 0 Å². The van der Waals surface area contributed by atoms with E-state index in [1.807, 2.05) is 11.3 Å². The summed E-state index contributed by atoms with van der Waals surface area (Å²) in [5, 5.41) is 3.74. The maximum atomic E-state index is 3.74. The average Bonchev–Trinajstić information content (AvgIpc) is 2.83. The van der Waals surface area contributed by atoms with Crippen LogP contribution in [0.25, 0.3) is 0 Å². The van der Waals surface area contributed by atoms with Crippen molar-refractivity contribution >= 4 is 11.3 Å². The van der Waals surface area contributed by atoms with Crippen molar-refractivity contribution in [3.05, 3.63) is 21.9 Å². The minimum atomic E-state index is 0.743. The number of thiophene rings is 1. The van der Waals surface area contributed by atoms with E-state index in [-0.39, 0.29) is 0 Å². The summed E-state index contributed by atoms with van der Waals surface area (Å²) >= 11 is 1.92. The highest BCUT2D eigenvalue weighted by molar-refractivity contribution is 7.11. The minimum absolute atomic E-state index is 0.743. The van der Waals surface area contributed by atoms with Crippen molar-refractivity contribution in [1.29, 1.82) is 0 Å². The van der Waals surface area contributed by atoms with Crippen molar-refractivity contribution in [1.82, 2.24) is 5.32 Å². The maximum absolute atomic E-state index is 3.74. The molecule has 2 heteroatoms. The second-order valence-corrected chi connectivity index (χ2v) is 6.48. The summed E-state index contributed by atoms with van der Waals surface area (Å²) in [7, 11) is 0. The van der Waals surface area contributed by atoms with Crippen LogP contribution in [0, 0.1) is 18.8 Å². The lowest BCUT2D eigenvalue weighted by Crippen LogP contribution is -2.31. The minimum Gasteiger partial charge on any atom is -0.309 e. The van der Waals surface area contributed by atoms with E-state index < -0.39 is 0 Å². The van der Waals surface area contributed by atoms with Gasteiger partial charge in [-0.05, 0) is 43.7 Å². The third kappa shape index (κ3) is 2.67. The van der Waals surface area contributed by atoms with Crippen LogP contribution in [0.4, 0.5) is 0 Å². The van der Waals surface area contributed by atoms with E-state index in [4.69, 9.17) is 0 Å². The van der Waals surface area contributed by atoms with Crippen molar-refractivity contribution in [2.45, 2.75) is 52.6 Å². The van der Waals surface area contributed by atoms with Gasteiger partial charge in [-0.15, -0.1) is 11.3 Å². The van der Waals surface area contributed by atoms with Gasteiger partial charge in [-0.3, -0.25) is 0 Å². The molecule has 1 saturated carbocycles. The zero-order valence-electron chi connectivity index (χ0n) is 10.6.